The molecular formula is C27H34N8O5. The van der Waals surface area contributed by atoms with Crippen LogP contribution in [0, 0.1) is 10.1 Å². The number of benzene rings is 1. The van der Waals surface area contributed by atoms with Gasteiger partial charge in [0, 0.05) is 68.9 Å². The molecule has 0 fully saturated rings. The number of nitrogens with zero attached hydrogens (tertiary/aromatic N) is 7. The summed E-state index contributed by atoms with van der Waals surface area (Å²) < 4.78 is 12.4. The fourth-order valence-electron chi connectivity index (χ4n) is 4.18. The molecule has 0 aliphatic carbocycles. The number of ether oxygens (including phenoxy) is 2. The smallest absolute Gasteiger partial charge is 0.341 e. The van der Waals surface area contributed by atoms with Gasteiger partial charge in [-0.05, 0) is 26.2 Å². The molecule has 3 heterocycles. The van der Waals surface area contributed by atoms with Gasteiger partial charge in [-0.15, -0.1) is 0 Å². The Bertz CT molecular complexity index is 1540. The summed E-state index contributed by atoms with van der Waals surface area (Å²) in [4.78, 5) is 41.3. The van der Waals surface area contributed by atoms with Crippen LogP contribution in [0.1, 0.15) is 17.8 Å². The van der Waals surface area contributed by atoms with E-state index in [-0.39, 0.29) is 24.6 Å². The summed E-state index contributed by atoms with van der Waals surface area (Å²) >= 11 is 0. The van der Waals surface area contributed by atoms with Crippen LogP contribution < -0.4 is 15.0 Å². The Morgan fingerprint density at radius 2 is 1.93 bits per heavy atom. The summed E-state index contributed by atoms with van der Waals surface area (Å²) in [5.41, 5.74) is 2.46. The van der Waals surface area contributed by atoms with Gasteiger partial charge in [0.1, 0.15) is 22.6 Å². The molecule has 0 atom stereocenters. The monoisotopic (exact) mass is 550 g/mol. The first kappa shape index (κ1) is 29.8. The van der Waals surface area contributed by atoms with Gasteiger partial charge in [0.05, 0.1) is 30.5 Å². The largest absolute Gasteiger partial charge is 0.494 e. The summed E-state index contributed by atoms with van der Waals surface area (Å²) in [5, 5.41) is 15.8. The van der Waals surface area contributed by atoms with Gasteiger partial charge in [0.2, 0.25) is 5.95 Å². The highest BCUT2D eigenvalue weighted by atomic mass is 16.6. The predicted molar refractivity (Wildman–Crippen MR) is 155 cm³/mol. The number of fused-ring (bicyclic) bond motifs is 1. The third kappa shape index (κ3) is 5.94. The predicted octanol–water partition coefficient (Wildman–Crippen LogP) is 4.11. The number of methoxy groups -OCH3 is 2. The van der Waals surface area contributed by atoms with Crippen molar-refractivity contribution < 1.29 is 19.2 Å². The molecule has 0 radical (unpaired) electrons. The van der Waals surface area contributed by atoms with E-state index in [1.807, 2.05) is 42.9 Å². The van der Waals surface area contributed by atoms with Crippen LogP contribution in [-0.4, -0.2) is 83.8 Å². The Balaban J connectivity index is 0.00000441. The second-order valence-corrected chi connectivity index (χ2v) is 9.12. The molecule has 13 nitrogen and oxygen atoms in total. The maximum atomic E-state index is 12.6. The molecule has 3 aromatic heterocycles. The summed E-state index contributed by atoms with van der Waals surface area (Å²) in [6.07, 6.45) is 4.86. The zero-order valence-corrected chi connectivity index (χ0v) is 22.6. The quantitative estimate of drug-likeness (QED) is 0.173. The Labute approximate surface area is 232 Å². The first-order valence-corrected chi connectivity index (χ1v) is 12.0. The second-order valence-electron chi connectivity index (χ2n) is 9.12. The lowest BCUT2D eigenvalue weighted by Crippen LogP contribution is -2.29. The Kier molecular flexibility index (Phi) is 9.22. The summed E-state index contributed by atoms with van der Waals surface area (Å²) in [6, 6.07) is 6.67. The van der Waals surface area contributed by atoms with E-state index in [1.165, 1.54) is 26.5 Å². The zero-order chi connectivity index (χ0) is 28.3. The molecule has 0 amide bonds. The minimum absolute atomic E-state index is 0. The highest BCUT2D eigenvalue weighted by Crippen LogP contribution is 2.39. The van der Waals surface area contributed by atoms with Crippen molar-refractivity contribution in [1.82, 2.24) is 24.4 Å². The summed E-state index contributed by atoms with van der Waals surface area (Å²) in [5.74, 6) is -0.125. The van der Waals surface area contributed by atoms with Gasteiger partial charge < -0.3 is 29.2 Å². The van der Waals surface area contributed by atoms with Crippen LogP contribution in [0.4, 0.5) is 23.0 Å². The van der Waals surface area contributed by atoms with E-state index in [0.29, 0.717) is 47.1 Å². The number of likely N-dealkylation sites (N-methyl/N-ethyl adjacent to an activating group) is 2. The molecule has 1 aromatic carbocycles. The SMILES string of the molecule is C.COC(=O)c1cnc(Nc2cc([N+](=O)[O-])c(N(C)CCN(C)C)cc2OC)nc1-c1cn(C)c2ncccc12. The number of nitrogens with one attached hydrogen (secondary N) is 1. The molecule has 4 rings (SSSR count). The van der Waals surface area contributed by atoms with Crippen molar-refractivity contribution in [2.24, 2.45) is 7.05 Å². The third-order valence-electron chi connectivity index (χ3n) is 6.22. The number of esters is 1. The Hall–Kier alpha value is -4.78. The number of carbonyl (C=O) groups is 1. The Morgan fingerprint density at radius 3 is 2.58 bits per heavy atom. The number of anilines is 3. The van der Waals surface area contributed by atoms with Gasteiger partial charge in [0.25, 0.3) is 5.69 Å². The van der Waals surface area contributed by atoms with E-state index in [0.717, 1.165) is 5.39 Å². The number of nitro benzene ring substituents is 1. The molecule has 212 valence electrons. The van der Waals surface area contributed by atoms with Crippen molar-refractivity contribution in [2.75, 3.05) is 58.7 Å². The van der Waals surface area contributed by atoms with Gasteiger partial charge in [-0.1, -0.05) is 7.43 Å². The highest BCUT2D eigenvalue weighted by molar-refractivity contribution is 6.02. The normalized spacial score (nSPS) is 10.8. The zero-order valence-electron chi connectivity index (χ0n) is 22.6. The van der Waals surface area contributed by atoms with E-state index in [9.17, 15) is 14.9 Å². The van der Waals surface area contributed by atoms with Crippen molar-refractivity contribution in [3.8, 4) is 17.0 Å². The van der Waals surface area contributed by atoms with Crippen LogP contribution in [0.15, 0.2) is 42.9 Å². The number of pyridine rings is 1. The second kappa shape index (κ2) is 12.4. The van der Waals surface area contributed by atoms with Crippen molar-refractivity contribution in [2.45, 2.75) is 7.43 Å². The number of aromatic nitrogens is 4. The number of nitro groups is 1. The molecule has 0 unspecified atom stereocenters. The lowest BCUT2D eigenvalue weighted by atomic mass is 10.1. The Morgan fingerprint density at radius 1 is 1.18 bits per heavy atom. The summed E-state index contributed by atoms with van der Waals surface area (Å²) in [7, 11) is 10.3. The summed E-state index contributed by atoms with van der Waals surface area (Å²) in [6.45, 7) is 1.29. The molecule has 0 bridgehead atoms. The van der Waals surface area contributed by atoms with Crippen molar-refractivity contribution >= 4 is 40.0 Å². The molecule has 1 N–H and O–H groups in total. The van der Waals surface area contributed by atoms with E-state index in [2.05, 4.69) is 20.3 Å². The molecule has 0 saturated heterocycles. The molecule has 13 heteroatoms. The minimum atomic E-state index is -0.601. The number of hydrogen-bond acceptors (Lipinski definition) is 11. The van der Waals surface area contributed by atoms with Crippen LogP contribution in [0.5, 0.6) is 5.75 Å². The first-order valence-electron chi connectivity index (χ1n) is 12.0. The van der Waals surface area contributed by atoms with Gasteiger partial charge in [-0.2, -0.15) is 0 Å². The van der Waals surface area contributed by atoms with E-state index in [4.69, 9.17) is 9.47 Å². The molecule has 0 spiro atoms. The first-order chi connectivity index (χ1) is 18.6. The number of hydrogen-bond donors (Lipinski definition) is 1. The van der Waals surface area contributed by atoms with Crippen molar-refractivity contribution in [1.29, 1.82) is 0 Å². The van der Waals surface area contributed by atoms with Crippen molar-refractivity contribution in [3.05, 3.63) is 58.5 Å². The molecular weight excluding hydrogens is 516 g/mol. The van der Waals surface area contributed by atoms with Gasteiger partial charge in [-0.25, -0.2) is 19.7 Å². The molecule has 4 aromatic rings. The molecule has 0 aliphatic rings. The van der Waals surface area contributed by atoms with Crippen molar-refractivity contribution in [3.63, 3.8) is 0 Å². The average Bonchev–Trinajstić information content (AvgIpc) is 3.27. The highest BCUT2D eigenvalue weighted by Gasteiger charge is 2.24. The fraction of sp³-hybridized carbons (Fsp3) is 0.333. The van der Waals surface area contributed by atoms with Gasteiger partial charge >= 0.3 is 5.97 Å². The fourth-order valence-corrected chi connectivity index (χ4v) is 4.18. The number of rotatable bonds is 10. The lowest BCUT2D eigenvalue weighted by Gasteiger charge is -2.22. The minimum Gasteiger partial charge on any atom is -0.494 e. The average molecular weight is 551 g/mol. The third-order valence-corrected chi connectivity index (χ3v) is 6.22. The van der Waals surface area contributed by atoms with E-state index in [1.54, 1.807) is 30.3 Å². The van der Waals surface area contributed by atoms with Crippen LogP contribution in [0.2, 0.25) is 0 Å². The van der Waals surface area contributed by atoms with E-state index >= 15 is 0 Å². The maximum Gasteiger partial charge on any atom is 0.341 e. The lowest BCUT2D eigenvalue weighted by molar-refractivity contribution is -0.384. The number of carbonyl (C=O) groups excluding carboxylic acids is 1. The molecule has 0 aliphatic heterocycles. The van der Waals surface area contributed by atoms with Gasteiger partial charge in [-0.3, -0.25) is 10.1 Å². The van der Waals surface area contributed by atoms with Crippen LogP contribution in [0.25, 0.3) is 22.3 Å². The van der Waals surface area contributed by atoms with Crippen LogP contribution >= 0.6 is 0 Å². The van der Waals surface area contributed by atoms with Gasteiger partial charge in [0.15, 0.2) is 0 Å². The van der Waals surface area contributed by atoms with Crippen LogP contribution in [-0.2, 0) is 11.8 Å². The standard InChI is InChI=1S/C26H30N8O5.CH4/c1-31(2)10-11-32(3)20-13-22(38-5)19(12-21(20)34(36)37)29-26-28-14-17(25(35)39-6)23(30-26)18-15-33(4)24-16(18)8-7-9-27-24;/h7-9,12-15H,10-11H2,1-6H3,(H,28,29,30);1H4. The molecule has 40 heavy (non-hydrogen) atoms. The molecule has 0 saturated carbocycles. The van der Waals surface area contributed by atoms with Crippen LogP contribution in [0.3, 0.4) is 0 Å². The number of aryl methyl sites for hydroxylation is 1. The van der Waals surface area contributed by atoms with E-state index < -0.39 is 10.9 Å². The maximum absolute atomic E-state index is 12.6. The topological polar surface area (TPSA) is 141 Å².